The van der Waals surface area contributed by atoms with Crippen molar-refractivity contribution in [3.63, 3.8) is 0 Å². The lowest BCUT2D eigenvalue weighted by molar-refractivity contribution is -0.146. The Labute approximate surface area is 113 Å². The van der Waals surface area contributed by atoms with Crippen molar-refractivity contribution in [3.8, 4) is 0 Å². The van der Waals surface area contributed by atoms with E-state index >= 15 is 0 Å². The Morgan fingerprint density at radius 1 is 1.42 bits per heavy atom. The third-order valence-electron chi connectivity index (χ3n) is 3.72. The van der Waals surface area contributed by atoms with Crippen LogP contribution in [0.3, 0.4) is 0 Å². The van der Waals surface area contributed by atoms with Crippen LogP contribution in [-0.2, 0) is 14.3 Å². The molecule has 0 aliphatic carbocycles. The largest absolute Gasteiger partial charge is 0.481 e. The van der Waals surface area contributed by atoms with Crippen molar-refractivity contribution in [3.05, 3.63) is 0 Å². The number of nitrogens with zero attached hydrogens (tertiary/aromatic N) is 1. The first-order valence-corrected chi connectivity index (χ1v) is 6.75. The van der Waals surface area contributed by atoms with E-state index in [0.717, 1.165) is 6.42 Å². The van der Waals surface area contributed by atoms with E-state index in [1.54, 1.807) is 11.8 Å². The highest BCUT2D eigenvalue weighted by molar-refractivity contribution is 5.86. The minimum atomic E-state index is -0.958. The SMILES string of the molecule is CCCN(C(=O)C(C)(N)CC)C1COCC1C(=O)O. The molecule has 6 nitrogen and oxygen atoms in total. The topological polar surface area (TPSA) is 92.9 Å². The maximum absolute atomic E-state index is 12.5. The van der Waals surface area contributed by atoms with E-state index in [2.05, 4.69) is 0 Å². The second kappa shape index (κ2) is 6.34. The van der Waals surface area contributed by atoms with Crippen molar-refractivity contribution in [2.24, 2.45) is 11.7 Å². The van der Waals surface area contributed by atoms with Gasteiger partial charge in [-0.05, 0) is 19.8 Å². The zero-order valence-corrected chi connectivity index (χ0v) is 11.9. The van der Waals surface area contributed by atoms with Crippen LogP contribution >= 0.6 is 0 Å². The van der Waals surface area contributed by atoms with Gasteiger partial charge in [0.05, 0.1) is 24.8 Å². The molecule has 1 fully saturated rings. The van der Waals surface area contributed by atoms with Crippen LogP contribution in [0.4, 0.5) is 0 Å². The molecular formula is C13H24N2O4. The quantitative estimate of drug-likeness (QED) is 0.732. The molecule has 0 aromatic carbocycles. The molecule has 1 amide bonds. The molecule has 3 N–H and O–H groups in total. The summed E-state index contributed by atoms with van der Waals surface area (Å²) >= 11 is 0. The van der Waals surface area contributed by atoms with Gasteiger partial charge in [0.15, 0.2) is 0 Å². The fourth-order valence-corrected chi connectivity index (χ4v) is 2.22. The monoisotopic (exact) mass is 272 g/mol. The van der Waals surface area contributed by atoms with Crippen molar-refractivity contribution in [1.82, 2.24) is 4.90 Å². The average molecular weight is 272 g/mol. The van der Waals surface area contributed by atoms with E-state index in [4.69, 9.17) is 10.5 Å². The smallest absolute Gasteiger partial charge is 0.311 e. The second-order valence-electron chi connectivity index (χ2n) is 5.32. The Bertz CT molecular complexity index is 344. The van der Waals surface area contributed by atoms with Gasteiger partial charge in [-0.1, -0.05) is 13.8 Å². The van der Waals surface area contributed by atoms with Crippen LogP contribution in [0.25, 0.3) is 0 Å². The van der Waals surface area contributed by atoms with Crippen LogP contribution in [0.2, 0.25) is 0 Å². The summed E-state index contributed by atoms with van der Waals surface area (Å²) in [6.07, 6.45) is 1.27. The normalized spacial score (nSPS) is 25.9. The number of carboxylic acid groups (broad SMARTS) is 1. The molecule has 0 aromatic rings. The number of nitrogens with two attached hydrogens (primary N) is 1. The molecule has 110 valence electrons. The van der Waals surface area contributed by atoms with Crippen molar-refractivity contribution in [1.29, 1.82) is 0 Å². The van der Waals surface area contributed by atoms with Gasteiger partial charge in [0.25, 0.3) is 0 Å². The summed E-state index contributed by atoms with van der Waals surface area (Å²) in [5.74, 6) is -1.78. The van der Waals surface area contributed by atoms with Crippen LogP contribution in [0.5, 0.6) is 0 Å². The summed E-state index contributed by atoms with van der Waals surface area (Å²) in [6, 6.07) is -0.417. The molecule has 3 unspecified atom stereocenters. The number of amides is 1. The fourth-order valence-electron chi connectivity index (χ4n) is 2.22. The van der Waals surface area contributed by atoms with Crippen molar-refractivity contribution in [2.45, 2.75) is 45.2 Å². The van der Waals surface area contributed by atoms with Crippen molar-refractivity contribution >= 4 is 11.9 Å². The molecule has 1 saturated heterocycles. The van der Waals surface area contributed by atoms with Gasteiger partial charge in [-0.25, -0.2) is 0 Å². The standard InChI is InChI=1S/C13H24N2O4/c1-4-6-15(12(18)13(3,14)5-2)10-8-19-7-9(10)11(16)17/h9-10H,4-8,14H2,1-3H3,(H,16,17). The Hall–Kier alpha value is -1.14. The fraction of sp³-hybridized carbons (Fsp3) is 0.846. The summed E-state index contributed by atoms with van der Waals surface area (Å²) < 4.78 is 5.24. The number of hydrogen-bond donors (Lipinski definition) is 2. The zero-order valence-electron chi connectivity index (χ0n) is 11.9. The van der Waals surface area contributed by atoms with Gasteiger partial charge in [0.1, 0.15) is 5.92 Å². The van der Waals surface area contributed by atoms with Gasteiger partial charge in [0.2, 0.25) is 5.91 Å². The molecule has 1 aliphatic rings. The minimum Gasteiger partial charge on any atom is -0.481 e. The summed E-state index contributed by atoms with van der Waals surface area (Å²) in [5.41, 5.74) is 5.04. The number of rotatable bonds is 6. The summed E-state index contributed by atoms with van der Waals surface area (Å²) in [7, 11) is 0. The maximum atomic E-state index is 12.5. The zero-order chi connectivity index (χ0) is 14.6. The molecule has 3 atom stereocenters. The number of ether oxygens (including phenoxy) is 1. The van der Waals surface area contributed by atoms with Crippen LogP contribution in [0, 0.1) is 5.92 Å². The van der Waals surface area contributed by atoms with Gasteiger partial charge in [0, 0.05) is 6.54 Å². The first kappa shape index (κ1) is 15.9. The van der Waals surface area contributed by atoms with Crippen LogP contribution in [-0.4, -0.2) is 53.2 Å². The summed E-state index contributed by atoms with van der Waals surface area (Å²) in [4.78, 5) is 25.3. The van der Waals surface area contributed by atoms with Gasteiger partial charge >= 0.3 is 5.97 Å². The first-order valence-electron chi connectivity index (χ1n) is 6.75. The van der Waals surface area contributed by atoms with E-state index in [0.29, 0.717) is 13.0 Å². The number of aliphatic carboxylic acids is 1. The number of carbonyl (C=O) groups excluding carboxylic acids is 1. The second-order valence-corrected chi connectivity index (χ2v) is 5.32. The predicted octanol–water partition coefficient (Wildman–Crippen LogP) is 0.452. The van der Waals surface area contributed by atoms with Gasteiger partial charge < -0.3 is 20.5 Å². The lowest BCUT2D eigenvalue weighted by atomic mass is 9.94. The molecule has 1 rings (SSSR count). The predicted molar refractivity (Wildman–Crippen MR) is 70.6 cm³/mol. The number of hydrogen-bond acceptors (Lipinski definition) is 4. The van der Waals surface area contributed by atoms with E-state index in [1.165, 1.54) is 0 Å². The summed E-state index contributed by atoms with van der Waals surface area (Å²) in [5, 5.41) is 9.19. The molecule has 1 aliphatic heterocycles. The molecule has 1 heterocycles. The van der Waals surface area contributed by atoms with Crippen molar-refractivity contribution in [2.75, 3.05) is 19.8 Å². The summed E-state index contributed by atoms with van der Waals surface area (Å²) in [6.45, 7) is 6.41. The third kappa shape index (κ3) is 3.45. The Balaban J connectivity index is 2.94. The molecule has 0 aromatic heterocycles. The third-order valence-corrected chi connectivity index (χ3v) is 3.72. The van der Waals surface area contributed by atoms with Crippen LogP contribution in [0.1, 0.15) is 33.6 Å². The Kier molecular flexibility index (Phi) is 5.31. The minimum absolute atomic E-state index is 0.154. The molecule has 0 saturated carbocycles. The molecule has 0 spiro atoms. The van der Waals surface area contributed by atoms with Gasteiger partial charge in [-0.2, -0.15) is 0 Å². The lowest BCUT2D eigenvalue weighted by Gasteiger charge is -2.36. The lowest BCUT2D eigenvalue weighted by Crippen LogP contribution is -2.58. The van der Waals surface area contributed by atoms with E-state index in [-0.39, 0.29) is 19.1 Å². The molecule has 6 heteroatoms. The maximum Gasteiger partial charge on any atom is 0.311 e. The molecule has 0 radical (unpaired) electrons. The first-order chi connectivity index (χ1) is 8.85. The van der Waals surface area contributed by atoms with E-state index in [1.807, 2.05) is 13.8 Å². The van der Waals surface area contributed by atoms with Gasteiger partial charge in [-0.3, -0.25) is 9.59 Å². The number of carbonyl (C=O) groups is 2. The highest BCUT2D eigenvalue weighted by Gasteiger charge is 2.43. The average Bonchev–Trinajstić information content (AvgIpc) is 2.84. The number of carboxylic acids is 1. The highest BCUT2D eigenvalue weighted by Crippen LogP contribution is 2.23. The highest BCUT2D eigenvalue weighted by atomic mass is 16.5. The van der Waals surface area contributed by atoms with E-state index < -0.39 is 23.5 Å². The van der Waals surface area contributed by atoms with Crippen LogP contribution in [0.15, 0.2) is 0 Å². The molecular weight excluding hydrogens is 248 g/mol. The Morgan fingerprint density at radius 3 is 2.53 bits per heavy atom. The van der Waals surface area contributed by atoms with Crippen LogP contribution < -0.4 is 5.73 Å². The molecule has 0 bridgehead atoms. The Morgan fingerprint density at radius 2 is 2.05 bits per heavy atom. The molecule has 19 heavy (non-hydrogen) atoms. The van der Waals surface area contributed by atoms with Gasteiger partial charge in [-0.15, -0.1) is 0 Å². The van der Waals surface area contributed by atoms with Crippen molar-refractivity contribution < 1.29 is 19.4 Å². The van der Waals surface area contributed by atoms with E-state index in [9.17, 15) is 14.7 Å².